The van der Waals surface area contributed by atoms with Gasteiger partial charge in [-0.1, -0.05) is 6.42 Å². The van der Waals surface area contributed by atoms with E-state index >= 15 is 0 Å². The molecule has 0 amide bonds. The van der Waals surface area contributed by atoms with Gasteiger partial charge in [-0.15, -0.1) is 0 Å². The van der Waals surface area contributed by atoms with Crippen molar-refractivity contribution in [3.63, 3.8) is 0 Å². The first-order valence-electron chi connectivity index (χ1n) is 4.84. The highest BCUT2D eigenvalue weighted by Gasteiger charge is 2.43. The van der Waals surface area contributed by atoms with Crippen molar-refractivity contribution in [2.75, 3.05) is 11.9 Å². The summed E-state index contributed by atoms with van der Waals surface area (Å²) < 4.78 is 1.37. The van der Waals surface area contributed by atoms with Gasteiger partial charge in [0, 0.05) is 21.2 Å². The van der Waals surface area contributed by atoms with E-state index in [4.69, 9.17) is 0 Å². The van der Waals surface area contributed by atoms with Gasteiger partial charge in [-0.2, -0.15) is 0 Å². The SMILES string of the molecule is Ic1ccc2c(c1)C1(CCC1)CN2. The van der Waals surface area contributed by atoms with Crippen LogP contribution in [0, 0.1) is 3.57 Å². The van der Waals surface area contributed by atoms with Crippen LogP contribution in [0.2, 0.25) is 0 Å². The summed E-state index contributed by atoms with van der Waals surface area (Å²) in [4.78, 5) is 0. The number of benzene rings is 1. The Kier molecular flexibility index (Phi) is 1.63. The zero-order chi connectivity index (χ0) is 8.89. The summed E-state index contributed by atoms with van der Waals surface area (Å²) in [5, 5.41) is 3.52. The molecule has 2 aliphatic rings. The largest absolute Gasteiger partial charge is 0.384 e. The van der Waals surface area contributed by atoms with E-state index in [1.54, 1.807) is 5.56 Å². The molecule has 1 N–H and O–H groups in total. The monoisotopic (exact) mass is 285 g/mol. The van der Waals surface area contributed by atoms with Gasteiger partial charge >= 0.3 is 0 Å². The molecule has 1 aromatic rings. The standard InChI is InChI=1S/C11H12IN/c12-8-2-3-10-9(6-8)11(7-13-10)4-1-5-11/h2-3,6,13H,1,4-5,7H2. The molecule has 0 radical (unpaired) electrons. The lowest BCUT2D eigenvalue weighted by Gasteiger charge is -2.38. The molecule has 1 saturated carbocycles. The third kappa shape index (κ3) is 1.04. The molecule has 3 rings (SSSR count). The van der Waals surface area contributed by atoms with Crippen molar-refractivity contribution in [3.8, 4) is 0 Å². The van der Waals surface area contributed by atoms with Gasteiger partial charge in [0.25, 0.3) is 0 Å². The van der Waals surface area contributed by atoms with E-state index in [0.717, 1.165) is 0 Å². The highest BCUT2D eigenvalue weighted by Crippen LogP contribution is 2.50. The third-order valence-corrected chi connectivity index (χ3v) is 4.15. The Morgan fingerprint density at radius 1 is 1.31 bits per heavy atom. The molecule has 1 aliphatic heterocycles. The smallest absolute Gasteiger partial charge is 0.0380 e. The maximum Gasteiger partial charge on any atom is 0.0380 e. The predicted molar refractivity (Wildman–Crippen MR) is 63.2 cm³/mol. The van der Waals surface area contributed by atoms with Gasteiger partial charge in [-0.3, -0.25) is 0 Å². The van der Waals surface area contributed by atoms with Crippen LogP contribution in [0.1, 0.15) is 24.8 Å². The van der Waals surface area contributed by atoms with E-state index in [-0.39, 0.29) is 0 Å². The Labute approximate surface area is 92.1 Å². The molecule has 1 fully saturated rings. The van der Waals surface area contributed by atoms with Crippen molar-refractivity contribution in [2.45, 2.75) is 24.7 Å². The second kappa shape index (κ2) is 2.62. The normalized spacial score (nSPS) is 22.2. The molecular weight excluding hydrogens is 273 g/mol. The fourth-order valence-corrected chi connectivity index (χ4v) is 3.01. The average Bonchev–Trinajstić information content (AvgIpc) is 2.41. The summed E-state index contributed by atoms with van der Waals surface area (Å²) in [7, 11) is 0. The Morgan fingerprint density at radius 2 is 2.15 bits per heavy atom. The zero-order valence-electron chi connectivity index (χ0n) is 7.44. The quantitative estimate of drug-likeness (QED) is 0.722. The number of hydrogen-bond acceptors (Lipinski definition) is 1. The minimum absolute atomic E-state index is 0.524. The van der Waals surface area contributed by atoms with E-state index in [9.17, 15) is 0 Å². The summed E-state index contributed by atoms with van der Waals surface area (Å²) in [6, 6.07) is 6.77. The number of nitrogens with one attached hydrogen (secondary N) is 1. The van der Waals surface area contributed by atoms with Crippen molar-refractivity contribution in [3.05, 3.63) is 27.3 Å². The molecule has 0 saturated heterocycles. The van der Waals surface area contributed by atoms with Gasteiger partial charge < -0.3 is 5.32 Å². The maximum absolute atomic E-state index is 3.52. The molecular formula is C11H12IN. The van der Waals surface area contributed by atoms with Crippen LogP contribution in [0.4, 0.5) is 5.69 Å². The van der Waals surface area contributed by atoms with Crippen molar-refractivity contribution in [1.82, 2.24) is 0 Å². The second-order valence-electron chi connectivity index (χ2n) is 4.18. The van der Waals surface area contributed by atoms with Gasteiger partial charge in [0.1, 0.15) is 0 Å². The lowest BCUT2D eigenvalue weighted by molar-refractivity contribution is 0.272. The van der Waals surface area contributed by atoms with Crippen LogP contribution in [0.25, 0.3) is 0 Å². The van der Waals surface area contributed by atoms with E-state index in [1.165, 1.54) is 35.1 Å². The van der Waals surface area contributed by atoms with E-state index < -0.39 is 0 Å². The van der Waals surface area contributed by atoms with E-state index in [2.05, 4.69) is 46.1 Å². The van der Waals surface area contributed by atoms with E-state index in [0.29, 0.717) is 5.41 Å². The number of anilines is 1. The van der Waals surface area contributed by atoms with Crippen LogP contribution in [0.5, 0.6) is 0 Å². The van der Waals surface area contributed by atoms with Gasteiger partial charge in [0.05, 0.1) is 0 Å². The molecule has 0 atom stereocenters. The van der Waals surface area contributed by atoms with Gasteiger partial charge in [-0.05, 0) is 59.2 Å². The summed E-state index contributed by atoms with van der Waals surface area (Å²) in [5.74, 6) is 0. The van der Waals surface area contributed by atoms with Gasteiger partial charge in [0.15, 0.2) is 0 Å². The first-order valence-corrected chi connectivity index (χ1v) is 5.92. The molecule has 1 aliphatic carbocycles. The van der Waals surface area contributed by atoms with Crippen LogP contribution >= 0.6 is 22.6 Å². The Hall–Kier alpha value is -0.250. The molecule has 1 nitrogen and oxygen atoms in total. The van der Waals surface area contributed by atoms with Crippen LogP contribution in [0.3, 0.4) is 0 Å². The molecule has 0 bridgehead atoms. The zero-order valence-corrected chi connectivity index (χ0v) is 9.60. The summed E-state index contributed by atoms with van der Waals surface area (Å²) >= 11 is 2.40. The first-order chi connectivity index (χ1) is 6.30. The van der Waals surface area contributed by atoms with Crippen molar-refractivity contribution in [2.24, 2.45) is 0 Å². The number of hydrogen-bond donors (Lipinski definition) is 1. The third-order valence-electron chi connectivity index (χ3n) is 3.48. The summed E-state index contributed by atoms with van der Waals surface area (Å²) in [5.41, 5.74) is 3.47. The van der Waals surface area contributed by atoms with Gasteiger partial charge in [-0.25, -0.2) is 0 Å². The minimum Gasteiger partial charge on any atom is -0.384 e. The Bertz CT molecular complexity index is 355. The number of halogens is 1. The fraction of sp³-hybridized carbons (Fsp3) is 0.455. The predicted octanol–water partition coefficient (Wildman–Crippen LogP) is 3.14. The topological polar surface area (TPSA) is 12.0 Å². The van der Waals surface area contributed by atoms with E-state index in [1.807, 2.05) is 0 Å². The fourth-order valence-electron chi connectivity index (χ4n) is 2.52. The highest BCUT2D eigenvalue weighted by atomic mass is 127. The lowest BCUT2D eigenvalue weighted by atomic mass is 9.66. The molecule has 2 heteroatoms. The van der Waals surface area contributed by atoms with Crippen molar-refractivity contribution in [1.29, 1.82) is 0 Å². The van der Waals surface area contributed by atoms with Gasteiger partial charge in [0.2, 0.25) is 0 Å². The molecule has 1 aromatic carbocycles. The average molecular weight is 285 g/mol. The maximum atomic E-state index is 3.52. The van der Waals surface area contributed by atoms with Crippen molar-refractivity contribution < 1.29 is 0 Å². The molecule has 1 spiro atoms. The number of fused-ring (bicyclic) bond motifs is 2. The molecule has 0 unspecified atom stereocenters. The number of rotatable bonds is 0. The minimum atomic E-state index is 0.524. The molecule has 13 heavy (non-hydrogen) atoms. The molecule has 1 heterocycles. The van der Waals surface area contributed by atoms with Crippen LogP contribution in [-0.4, -0.2) is 6.54 Å². The highest BCUT2D eigenvalue weighted by molar-refractivity contribution is 14.1. The van der Waals surface area contributed by atoms with Crippen LogP contribution in [-0.2, 0) is 5.41 Å². The molecule has 0 aromatic heterocycles. The Morgan fingerprint density at radius 3 is 2.85 bits per heavy atom. The second-order valence-corrected chi connectivity index (χ2v) is 5.42. The lowest BCUT2D eigenvalue weighted by Crippen LogP contribution is -2.35. The molecule has 68 valence electrons. The Balaban J connectivity index is 2.14. The first kappa shape index (κ1) is 8.09. The summed E-state index contributed by atoms with van der Waals surface area (Å²) in [6.07, 6.45) is 4.17. The summed E-state index contributed by atoms with van der Waals surface area (Å²) in [6.45, 7) is 1.17. The van der Waals surface area contributed by atoms with Crippen LogP contribution in [0.15, 0.2) is 18.2 Å². The van der Waals surface area contributed by atoms with Crippen molar-refractivity contribution >= 4 is 28.3 Å². The van der Waals surface area contributed by atoms with Crippen LogP contribution < -0.4 is 5.32 Å².